The molecular formula is C60H40BNO2Si. The summed E-state index contributed by atoms with van der Waals surface area (Å²) < 4.78 is 16.2. The maximum Gasteiger partial charge on any atom is 0.434 e. The molecule has 0 radical (unpaired) electrons. The fourth-order valence-electron chi connectivity index (χ4n) is 10.7. The van der Waals surface area contributed by atoms with Crippen molar-refractivity contribution in [2.24, 2.45) is 0 Å². The number of nitrogens with zero attached hydrogens (tertiary/aromatic N) is 1. The van der Waals surface area contributed by atoms with Gasteiger partial charge in [0.25, 0.3) is 0 Å². The van der Waals surface area contributed by atoms with Gasteiger partial charge in [0.2, 0.25) is 0 Å². The van der Waals surface area contributed by atoms with E-state index in [1.54, 1.807) is 0 Å². The zero-order valence-corrected chi connectivity index (χ0v) is 36.4. The van der Waals surface area contributed by atoms with Gasteiger partial charge in [-0.05, 0) is 103 Å². The standard InChI is InChI=1S/C60H40BNO2Si/c1-4-21-46(22-5-1)65(47-23-6-2-7-24-47,48-25-8-3-9-26-48)49-27-17-19-42(37-49)43-34-35-57-52(38-43)53-39-44(40-59-60(53)61(64-57)54-30-12-15-33-58(54)63-59)41-18-16-20-45(36-41)62-55-31-13-10-28-50(55)51-29-11-14-32-56(51)62/h1-40H. The average molecular weight is 846 g/mol. The molecule has 0 atom stereocenters. The average Bonchev–Trinajstić information content (AvgIpc) is 3.72. The summed E-state index contributed by atoms with van der Waals surface area (Å²) in [5, 5.41) is 7.88. The lowest BCUT2D eigenvalue weighted by Crippen LogP contribution is -2.74. The van der Waals surface area contributed by atoms with Gasteiger partial charge in [-0.2, -0.15) is 0 Å². The SMILES string of the molecule is c1ccc([Si](c2ccccc2)(c2ccccc2)c2cccc(-c3ccc4c(c3)-c3cc(-c5cccc(-n6c7ccccc7c7ccccc76)c5)cc5c3B(O4)c3ccccc3O5)c2)cc1. The molecule has 304 valence electrons. The molecule has 0 spiro atoms. The molecule has 3 nitrogen and oxygen atoms in total. The number of fused-ring (bicyclic) bond motifs is 7. The Morgan fingerprint density at radius 3 is 1.57 bits per heavy atom. The number of hydrogen-bond donors (Lipinski definition) is 0. The smallest absolute Gasteiger partial charge is 0.434 e. The lowest BCUT2D eigenvalue weighted by atomic mass is 9.50. The van der Waals surface area contributed by atoms with Gasteiger partial charge in [-0.15, -0.1) is 0 Å². The number of aromatic nitrogens is 1. The summed E-state index contributed by atoms with van der Waals surface area (Å²) >= 11 is 0. The van der Waals surface area contributed by atoms with Gasteiger partial charge in [-0.1, -0.05) is 188 Å². The van der Waals surface area contributed by atoms with Crippen LogP contribution in [0.15, 0.2) is 243 Å². The molecule has 10 aromatic carbocycles. The zero-order valence-electron chi connectivity index (χ0n) is 35.4. The van der Waals surface area contributed by atoms with Crippen LogP contribution >= 0.6 is 0 Å². The molecule has 5 heteroatoms. The Kier molecular flexibility index (Phi) is 8.65. The summed E-state index contributed by atoms with van der Waals surface area (Å²) in [6.45, 7) is -0.293. The maximum atomic E-state index is 7.03. The molecule has 0 aliphatic carbocycles. The summed E-state index contributed by atoms with van der Waals surface area (Å²) in [4.78, 5) is 0. The molecule has 0 amide bonds. The van der Waals surface area contributed by atoms with Crippen LogP contribution in [0.4, 0.5) is 0 Å². The van der Waals surface area contributed by atoms with Gasteiger partial charge in [0.15, 0.2) is 8.07 Å². The van der Waals surface area contributed by atoms with Crippen LogP contribution in [0, 0.1) is 0 Å². The molecule has 0 N–H and O–H groups in total. The van der Waals surface area contributed by atoms with E-state index in [0.717, 1.165) is 67.2 Å². The first kappa shape index (κ1) is 37.4. The first-order valence-corrected chi connectivity index (χ1v) is 24.3. The lowest BCUT2D eigenvalue weighted by molar-refractivity contribution is 0.479. The largest absolute Gasteiger partial charge is 0.551 e. The molecule has 2 aliphatic heterocycles. The summed E-state index contributed by atoms with van der Waals surface area (Å²) in [6.07, 6.45) is 0. The second-order valence-corrected chi connectivity index (χ2v) is 20.9. The Morgan fingerprint density at radius 2 is 0.892 bits per heavy atom. The van der Waals surface area contributed by atoms with Crippen LogP contribution in [-0.2, 0) is 0 Å². The second kappa shape index (κ2) is 15.0. The molecule has 0 fully saturated rings. The Hall–Kier alpha value is -8.12. The molecule has 65 heavy (non-hydrogen) atoms. The van der Waals surface area contributed by atoms with E-state index >= 15 is 0 Å². The van der Waals surface area contributed by atoms with E-state index in [1.165, 1.54) is 42.6 Å². The third kappa shape index (κ3) is 5.90. The lowest BCUT2D eigenvalue weighted by Gasteiger charge is -2.35. The van der Waals surface area contributed by atoms with E-state index in [4.69, 9.17) is 9.39 Å². The summed E-state index contributed by atoms with van der Waals surface area (Å²) in [7, 11) is -2.74. The van der Waals surface area contributed by atoms with Crippen molar-refractivity contribution in [1.29, 1.82) is 0 Å². The highest BCUT2D eigenvalue weighted by molar-refractivity contribution is 7.19. The highest BCUT2D eigenvalue weighted by atomic mass is 28.3. The number of benzene rings is 10. The third-order valence-corrected chi connectivity index (χ3v) is 18.4. The Bertz CT molecular complexity index is 3470. The minimum atomic E-state index is -2.74. The predicted molar refractivity (Wildman–Crippen MR) is 273 cm³/mol. The summed E-state index contributed by atoms with van der Waals surface area (Å²) in [5.74, 6) is 2.51. The number of para-hydroxylation sites is 3. The molecule has 2 aliphatic rings. The van der Waals surface area contributed by atoms with Crippen molar-refractivity contribution in [3.05, 3.63) is 243 Å². The van der Waals surface area contributed by atoms with E-state index in [9.17, 15) is 0 Å². The minimum absolute atomic E-state index is 0.293. The van der Waals surface area contributed by atoms with Crippen molar-refractivity contribution < 1.29 is 9.39 Å². The summed E-state index contributed by atoms with van der Waals surface area (Å²) in [5.41, 5.74) is 12.3. The van der Waals surface area contributed by atoms with E-state index in [0.29, 0.717) is 0 Å². The fraction of sp³-hybridized carbons (Fsp3) is 0. The quantitative estimate of drug-likeness (QED) is 0.118. The molecule has 3 heterocycles. The van der Waals surface area contributed by atoms with Crippen LogP contribution in [-0.4, -0.2) is 19.6 Å². The molecule has 0 saturated carbocycles. The van der Waals surface area contributed by atoms with Crippen molar-refractivity contribution in [3.8, 4) is 56.3 Å². The molecule has 0 saturated heterocycles. The Labute approximate surface area is 379 Å². The molecular weight excluding hydrogens is 806 g/mol. The second-order valence-electron chi connectivity index (χ2n) is 17.1. The zero-order chi connectivity index (χ0) is 42.9. The van der Waals surface area contributed by atoms with Crippen LogP contribution in [0.25, 0.3) is 60.9 Å². The van der Waals surface area contributed by atoms with Gasteiger partial charge >= 0.3 is 6.92 Å². The highest BCUT2D eigenvalue weighted by Gasteiger charge is 2.43. The van der Waals surface area contributed by atoms with Crippen molar-refractivity contribution in [2.45, 2.75) is 0 Å². The first-order chi connectivity index (χ1) is 32.2. The van der Waals surface area contributed by atoms with E-state index < -0.39 is 8.07 Å². The van der Waals surface area contributed by atoms with Crippen molar-refractivity contribution in [3.63, 3.8) is 0 Å². The van der Waals surface area contributed by atoms with Crippen LogP contribution in [0.3, 0.4) is 0 Å². The van der Waals surface area contributed by atoms with Crippen LogP contribution in [0.1, 0.15) is 0 Å². The number of hydrogen-bond acceptors (Lipinski definition) is 2. The highest BCUT2D eigenvalue weighted by Crippen LogP contribution is 2.43. The van der Waals surface area contributed by atoms with Crippen molar-refractivity contribution in [1.82, 2.24) is 4.57 Å². The van der Waals surface area contributed by atoms with Crippen LogP contribution in [0.5, 0.6) is 17.2 Å². The molecule has 11 aromatic rings. The number of rotatable bonds is 7. The van der Waals surface area contributed by atoms with Gasteiger partial charge in [0.1, 0.15) is 17.2 Å². The van der Waals surface area contributed by atoms with E-state index in [1.807, 2.05) is 12.1 Å². The monoisotopic (exact) mass is 845 g/mol. The third-order valence-electron chi connectivity index (χ3n) is 13.6. The van der Waals surface area contributed by atoms with Gasteiger partial charge in [0, 0.05) is 32.9 Å². The van der Waals surface area contributed by atoms with E-state index in [2.05, 4.69) is 235 Å². The fourth-order valence-corrected chi connectivity index (χ4v) is 15.5. The van der Waals surface area contributed by atoms with Gasteiger partial charge in [-0.3, -0.25) is 0 Å². The van der Waals surface area contributed by atoms with Crippen molar-refractivity contribution >= 4 is 68.5 Å². The van der Waals surface area contributed by atoms with Crippen LogP contribution in [0.2, 0.25) is 0 Å². The normalized spacial score (nSPS) is 12.5. The molecule has 0 unspecified atom stereocenters. The van der Waals surface area contributed by atoms with Gasteiger partial charge < -0.3 is 14.0 Å². The molecule has 1 aromatic heterocycles. The van der Waals surface area contributed by atoms with Crippen LogP contribution < -0.4 is 41.1 Å². The van der Waals surface area contributed by atoms with Gasteiger partial charge in [0.05, 0.1) is 11.0 Å². The minimum Gasteiger partial charge on any atom is -0.551 e. The summed E-state index contributed by atoms with van der Waals surface area (Å²) in [6, 6.07) is 88.5. The Morgan fingerprint density at radius 1 is 0.354 bits per heavy atom. The Balaban J connectivity index is 0.983. The first-order valence-electron chi connectivity index (χ1n) is 22.3. The number of ether oxygens (including phenoxy) is 1. The van der Waals surface area contributed by atoms with Crippen molar-refractivity contribution in [2.75, 3.05) is 0 Å². The predicted octanol–water partition coefficient (Wildman–Crippen LogP) is 10.8. The van der Waals surface area contributed by atoms with E-state index in [-0.39, 0.29) is 6.92 Å². The topological polar surface area (TPSA) is 23.4 Å². The maximum absolute atomic E-state index is 7.03. The van der Waals surface area contributed by atoms with Gasteiger partial charge in [-0.25, -0.2) is 0 Å². The molecule has 0 bridgehead atoms. The molecule has 13 rings (SSSR count).